The maximum Gasteiger partial charge on any atom is 0.304 e. The van der Waals surface area contributed by atoms with Gasteiger partial charge in [0.1, 0.15) is 0 Å². The first-order valence-corrected chi connectivity index (χ1v) is 3.84. The fourth-order valence-corrected chi connectivity index (χ4v) is 1.69. The van der Waals surface area contributed by atoms with Gasteiger partial charge < -0.3 is 5.11 Å². The summed E-state index contributed by atoms with van der Waals surface area (Å²) in [6.07, 6.45) is 4.23. The summed E-state index contributed by atoms with van der Waals surface area (Å²) in [5, 5.41) is 8.55. The molecule has 0 aromatic carbocycles. The van der Waals surface area contributed by atoms with Crippen LogP contribution in [0.25, 0.3) is 0 Å². The molecule has 1 rings (SSSR count). The van der Waals surface area contributed by atoms with Gasteiger partial charge in [0.25, 0.3) is 0 Å². The van der Waals surface area contributed by atoms with Gasteiger partial charge in [-0.05, 0) is 0 Å². The van der Waals surface area contributed by atoms with Crippen molar-refractivity contribution in [2.75, 3.05) is 5.75 Å². The van der Waals surface area contributed by atoms with E-state index in [1.807, 2.05) is 12.2 Å². The fraction of sp³-hybridized carbons (Fsp3) is 0.500. The lowest BCUT2D eigenvalue weighted by molar-refractivity contribution is -0.136. The Morgan fingerprint density at radius 3 is 3.11 bits per heavy atom. The Morgan fingerprint density at radius 1 is 1.89 bits per heavy atom. The van der Waals surface area contributed by atoms with Crippen molar-refractivity contribution in [1.82, 2.24) is 0 Å². The average molecular weight is 144 g/mol. The number of hydrogen-bond acceptors (Lipinski definition) is 2. The monoisotopic (exact) mass is 144 g/mol. The van der Waals surface area contributed by atoms with Gasteiger partial charge >= 0.3 is 5.97 Å². The van der Waals surface area contributed by atoms with Crippen molar-refractivity contribution in [3.63, 3.8) is 0 Å². The van der Waals surface area contributed by atoms with E-state index in [9.17, 15) is 4.79 Å². The van der Waals surface area contributed by atoms with Crippen LogP contribution in [-0.2, 0) is 4.79 Å². The van der Waals surface area contributed by atoms with Gasteiger partial charge in [-0.15, -0.1) is 11.8 Å². The van der Waals surface area contributed by atoms with Crippen molar-refractivity contribution in [2.45, 2.75) is 11.7 Å². The van der Waals surface area contributed by atoms with Crippen molar-refractivity contribution in [1.29, 1.82) is 0 Å². The third-order valence-corrected chi connectivity index (χ3v) is 2.27. The molecule has 1 unspecified atom stereocenters. The van der Waals surface area contributed by atoms with Crippen LogP contribution in [0.2, 0.25) is 0 Å². The van der Waals surface area contributed by atoms with Crippen LogP contribution in [0.5, 0.6) is 0 Å². The third kappa shape index (κ3) is 2.10. The van der Waals surface area contributed by atoms with E-state index in [-0.39, 0.29) is 11.7 Å². The van der Waals surface area contributed by atoms with Gasteiger partial charge in [-0.25, -0.2) is 0 Å². The highest BCUT2D eigenvalue weighted by Crippen LogP contribution is 2.21. The zero-order valence-electron chi connectivity index (χ0n) is 4.91. The van der Waals surface area contributed by atoms with Crippen molar-refractivity contribution < 1.29 is 9.90 Å². The second-order valence-corrected chi connectivity index (χ2v) is 3.17. The highest BCUT2D eigenvalue weighted by Gasteiger charge is 2.12. The number of carboxylic acid groups (broad SMARTS) is 1. The smallest absolute Gasteiger partial charge is 0.304 e. The Morgan fingerprint density at radius 2 is 2.67 bits per heavy atom. The highest BCUT2D eigenvalue weighted by molar-refractivity contribution is 8.00. The van der Waals surface area contributed by atoms with Gasteiger partial charge in [-0.1, -0.05) is 12.2 Å². The number of aliphatic carboxylic acids is 1. The lowest BCUT2D eigenvalue weighted by Gasteiger charge is -1.99. The second kappa shape index (κ2) is 2.92. The van der Waals surface area contributed by atoms with E-state index in [1.54, 1.807) is 11.8 Å². The lowest BCUT2D eigenvalue weighted by atomic mass is 10.3. The van der Waals surface area contributed by atoms with Crippen LogP contribution in [0.15, 0.2) is 12.2 Å². The van der Waals surface area contributed by atoms with Gasteiger partial charge in [0.05, 0.1) is 6.42 Å². The average Bonchev–Trinajstić information content (AvgIpc) is 2.15. The van der Waals surface area contributed by atoms with Crippen molar-refractivity contribution >= 4 is 17.7 Å². The minimum atomic E-state index is -0.709. The molecule has 3 heteroatoms. The summed E-state index contributed by atoms with van der Waals surface area (Å²) in [4.78, 5) is 10.1. The zero-order chi connectivity index (χ0) is 6.69. The number of thioether (sulfide) groups is 1. The predicted molar refractivity (Wildman–Crippen MR) is 37.6 cm³/mol. The van der Waals surface area contributed by atoms with Gasteiger partial charge in [-0.2, -0.15) is 0 Å². The normalized spacial score (nSPS) is 24.7. The molecule has 0 aromatic heterocycles. The first kappa shape index (κ1) is 6.68. The molecule has 0 aliphatic carbocycles. The summed E-state index contributed by atoms with van der Waals surface area (Å²) < 4.78 is 0. The largest absolute Gasteiger partial charge is 0.481 e. The molecule has 1 aliphatic heterocycles. The van der Waals surface area contributed by atoms with Gasteiger partial charge in [0.2, 0.25) is 0 Å². The molecular weight excluding hydrogens is 136 g/mol. The first-order valence-electron chi connectivity index (χ1n) is 2.79. The highest BCUT2D eigenvalue weighted by atomic mass is 32.2. The van der Waals surface area contributed by atoms with E-state index >= 15 is 0 Å². The first-order chi connectivity index (χ1) is 4.29. The molecule has 1 N–H and O–H groups in total. The maximum absolute atomic E-state index is 10.1. The Bertz CT molecular complexity index is 142. The standard InChI is InChI=1S/C6H8O2S/c7-6(8)4-5-2-1-3-9-5/h1-2,5H,3-4H2,(H,7,8). The summed E-state index contributed by atoms with van der Waals surface area (Å²) in [6.45, 7) is 0. The molecule has 1 aliphatic rings. The molecule has 1 atom stereocenters. The molecule has 0 aromatic rings. The SMILES string of the molecule is O=C(O)CC1C=CCS1. The van der Waals surface area contributed by atoms with Crippen LogP contribution in [-0.4, -0.2) is 22.1 Å². The fourth-order valence-electron chi connectivity index (χ4n) is 0.741. The van der Waals surface area contributed by atoms with Gasteiger partial charge in [-0.3, -0.25) is 4.79 Å². The van der Waals surface area contributed by atoms with E-state index in [0.717, 1.165) is 5.75 Å². The minimum absolute atomic E-state index is 0.225. The van der Waals surface area contributed by atoms with Crippen LogP contribution in [0, 0.1) is 0 Å². The number of hydrogen-bond donors (Lipinski definition) is 1. The van der Waals surface area contributed by atoms with Crippen LogP contribution in [0.4, 0.5) is 0 Å². The van der Waals surface area contributed by atoms with E-state index in [2.05, 4.69) is 0 Å². The van der Waals surface area contributed by atoms with Crippen LogP contribution >= 0.6 is 11.8 Å². The molecule has 2 nitrogen and oxygen atoms in total. The molecule has 0 amide bonds. The maximum atomic E-state index is 10.1. The van der Waals surface area contributed by atoms with Crippen molar-refractivity contribution in [2.24, 2.45) is 0 Å². The number of carboxylic acids is 1. The molecule has 9 heavy (non-hydrogen) atoms. The van der Waals surface area contributed by atoms with E-state index in [0.29, 0.717) is 0 Å². The quantitative estimate of drug-likeness (QED) is 0.590. The molecule has 0 saturated heterocycles. The van der Waals surface area contributed by atoms with Crippen LogP contribution < -0.4 is 0 Å². The Kier molecular flexibility index (Phi) is 2.16. The number of carbonyl (C=O) groups is 1. The van der Waals surface area contributed by atoms with Crippen molar-refractivity contribution in [3.05, 3.63) is 12.2 Å². The zero-order valence-corrected chi connectivity index (χ0v) is 5.73. The summed E-state index contributed by atoms with van der Waals surface area (Å²) in [5.74, 6) is 0.261. The van der Waals surface area contributed by atoms with Crippen molar-refractivity contribution in [3.8, 4) is 0 Å². The summed E-state index contributed by atoms with van der Waals surface area (Å²) >= 11 is 1.68. The lowest BCUT2D eigenvalue weighted by Crippen LogP contribution is -2.04. The summed E-state index contributed by atoms with van der Waals surface area (Å²) in [6, 6.07) is 0. The Labute approximate surface area is 57.9 Å². The van der Waals surface area contributed by atoms with Crippen LogP contribution in [0.1, 0.15) is 6.42 Å². The molecule has 0 fully saturated rings. The molecular formula is C6H8O2S. The Balaban J connectivity index is 2.28. The molecule has 1 heterocycles. The minimum Gasteiger partial charge on any atom is -0.481 e. The van der Waals surface area contributed by atoms with E-state index in [1.165, 1.54) is 0 Å². The summed E-state index contributed by atoms with van der Waals surface area (Å²) in [5.41, 5.74) is 0. The number of rotatable bonds is 2. The second-order valence-electron chi connectivity index (χ2n) is 1.90. The Hall–Kier alpha value is -0.440. The predicted octanol–water partition coefficient (Wildman–Crippen LogP) is 1.13. The molecule has 0 spiro atoms. The van der Waals surface area contributed by atoms with Crippen LogP contribution in [0.3, 0.4) is 0 Å². The molecule has 0 bridgehead atoms. The van der Waals surface area contributed by atoms with Gasteiger partial charge in [0.15, 0.2) is 0 Å². The topological polar surface area (TPSA) is 37.3 Å². The molecule has 0 saturated carbocycles. The third-order valence-electron chi connectivity index (χ3n) is 1.13. The van der Waals surface area contributed by atoms with Gasteiger partial charge in [0, 0.05) is 11.0 Å². The summed E-state index contributed by atoms with van der Waals surface area (Å²) in [7, 11) is 0. The van der Waals surface area contributed by atoms with E-state index in [4.69, 9.17) is 5.11 Å². The van der Waals surface area contributed by atoms with E-state index < -0.39 is 5.97 Å². The molecule has 0 radical (unpaired) electrons. The molecule has 50 valence electrons.